The Morgan fingerprint density at radius 3 is 2.42 bits per heavy atom. The highest BCUT2D eigenvalue weighted by molar-refractivity contribution is 7.47. The molecule has 0 unspecified atom stereocenters. The fourth-order valence-electron chi connectivity index (χ4n) is 2.44. The van der Waals surface area contributed by atoms with Gasteiger partial charge in [0.05, 0.1) is 0 Å². The van der Waals surface area contributed by atoms with Crippen LogP contribution in [0.5, 0.6) is 0 Å². The van der Waals surface area contributed by atoms with Gasteiger partial charge in [0.1, 0.15) is 0 Å². The highest BCUT2D eigenvalue weighted by atomic mass is 31.1. The molecule has 0 aliphatic carbocycles. The summed E-state index contributed by atoms with van der Waals surface area (Å²) in [5.41, 5.74) is 0. The van der Waals surface area contributed by atoms with Gasteiger partial charge < -0.3 is 0 Å². The smallest absolute Gasteiger partial charge is 0.0103 e. The Morgan fingerprint density at radius 1 is 0.789 bits per heavy atom. The molecule has 0 spiro atoms. The lowest BCUT2D eigenvalue weighted by Gasteiger charge is -2.06. The van der Waals surface area contributed by atoms with Crippen molar-refractivity contribution in [3.05, 3.63) is 42.5 Å². The topological polar surface area (TPSA) is 0 Å². The van der Waals surface area contributed by atoms with Crippen molar-refractivity contribution in [3.8, 4) is 0 Å². The molecule has 2 rings (SSSR count). The highest BCUT2D eigenvalue weighted by Gasteiger charge is 2.00. The van der Waals surface area contributed by atoms with Gasteiger partial charge in [-0.3, -0.25) is 0 Å². The number of benzene rings is 2. The van der Waals surface area contributed by atoms with Gasteiger partial charge in [-0.25, -0.2) is 0 Å². The summed E-state index contributed by atoms with van der Waals surface area (Å²) < 4.78 is 0. The van der Waals surface area contributed by atoms with E-state index in [1.165, 1.54) is 69.3 Å². The average Bonchev–Trinajstić information content (AvgIpc) is 2.46. The monoisotopic (exact) mass is 271 g/mol. The van der Waals surface area contributed by atoms with Crippen molar-refractivity contribution in [2.75, 3.05) is 6.16 Å². The van der Waals surface area contributed by atoms with Crippen LogP contribution < -0.4 is 5.30 Å². The van der Waals surface area contributed by atoms with E-state index in [4.69, 9.17) is 0 Å². The van der Waals surface area contributed by atoms with E-state index in [1.807, 2.05) is 0 Å². The second kappa shape index (κ2) is 8.33. The Morgan fingerprint density at radius 2 is 1.53 bits per heavy atom. The summed E-state index contributed by atoms with van der Waals surface area (Å²) in [7, 11) is 1.49. The quantitative estimate of drug-likeness (QED) is 0.422. The molecule has 0 saturated carbocycles. The predicted molar refractivity (Wildman–Crippen MR) is 88.7 cm³/mol. The molecule has 0 bridgehead atoms. The summed E-state index contributed by atoms with van der Waals surface area (Å²) in [6, 6.07) is 15.4. The average molecular weight is 271 g/mol. The normalized spacial score (nSPS) is 11.6. The molecular weight excluding hydrogens is 247 g/mol. The maximum absolute atomic E-state index is 2.28. The van der Waals surface area contributed by atoms with E-state index in [0.29, 0.717) is 0 Å². The van der Waals surface area contributed by atoms with Crippen molar-refractivity contribution in [2.45, 2.75) is 45.4 Å². The molecule has 0 aliphatic rings. The molecule has 0 nitrogen and oxygen atoms in total. The summed E-state index contributed by atoms with van der Waals surface area (Å²) in [5, 5.41) is 4.29. The van der Waals surface area contributed by atoms with Gasteiger partial charge in [-0.05, 0) is 37.2 Å². The molecule has 0 aromatic heterocycles. The third kappa shape index (κ3) is 4.62. The Hall–Kier alpha value is -0.870. The van der Waals surface area contributed by atoms with E-state index in [9.17, 15) is 0 Å². The Balaban J connectivity index is 1.78. The van der Waals surface area contributed by atoms with Crippen molar-refractivity contribution in [3.63, 3.8) is 0 Å². The lowest BCUT2D eigenvalue weighted by molar-refractivity contribution is 0.627. The molecule has 19 heavy (non-hydrogen) atoms. The van der Waals surface area contributed by atoms with Crippen LogP contribution in [0.3, 0.4) is 0 Å². The molecular formula is C18H24P. The zero-order chi connectivity index (χ0) is 13.3. The molecule has 0 saturated heterocycles. The van der Waals surface area contributed by atoms with Gasteiger partial charge >= 0.3 is 0 Å². The Labute approximate surface area is 119 Å². The van der Waals surface area contributed by atoms with Crippen LogP contribution in [0.15, 0.2) is 42.5 Å². The summed E-state index contributed by atoms with van der Waals surface area (Å²) >= 11 is 0. The van der Waals surface area contributed by atoms with Crippen LogP contribution in [-0.4, -0.2) is 6.16 Å². The molecule has 0 amide bonds. The molecule has 0 N–H and O–H groups in total. The van der Waals surface area contributed by atoms with E-state index in [2.05, 4.69) is 49.4 Å². The van der Waals surface area contributed by atoms with Gasteiger partial charge in [0, 0.05) is 0 Å². The molecule has 1 radical (unpaired) electrons. The molecule has 0 fully saturated rings. The van der Waals surface area contributed by atoms with Crippen LogP contribution in [0, 0.1) is 0 Å². The maximum atomic E-state index is 2.28. The van der Waals surface area contributed by atoms with Crippen molar-refractivity contribution >= 4 is 24.7 Å². The number of rotatable bonds is 8. The summed E-state index contributed by atoms with van der Waals surface area (Å²) in [6.45, 7) is 2.28. The second-order valence-electron chi connectivity index (χ2n) is 5.15. The number of hydrogen-bond donors (Lipinski definition) is 0. The SMILES string of the molecule is CCCCCCCC[P]c1cccc2ccccc12. The van der Waals surface area contributed by atoms with E-state index < -0.39 is 0 Å². The maximum Gasteiger partial charge on any atom is -0.0103 e. The van der Waals surface area contributed by atoms with Crippen molar-refractivity contribution < 1.29 is 0 Å². The van der Waals surface area contributed by atoms with E-state index in [-0.39, 0.29) is 0 Å². The molecule has 1 heteroatoms. The first-order chi connectivity index (χ1) is 9.42. The van der Waals surface area contributed by atoms with Gasteiger partial charge in [0.15, 0.2) is 0 Å². The first-order valence-electron chi connectivity index (χ1n) is 7.57. The van der Waals surface area contributed by atoms with Crippen LogP contribution in [0.2, 0.25) is 0 Å². The molecule has 2 aromatic rings. The zero-order valence-electron chi connectivity index (χ0n) is 11.9. The van der Waals surface area contributed by atoms with Crippen LogP contribution >= 0.6 is 8.58 Å². The summed E-state index contributed by atoms with van der Waals surface area (Å²) in [6.07, 6.45) is 9.65. The highest BCUT2D eigenvalue weighted by Crippen LogP contribution is 2.21. The van der Waals surface area contributed by atoms with E-state index in [0.717, 1.165) is 0 Å². The third-order valence-electron chi connectivity index (χ3n) is 3.56. The summed E-state index contributed by atoms with van der Waals surface area (Å²) in [5.74, 6) is 0. The summed E-state index contributed by atoms with van der Waals surface area (Å²) in [4.78, 5) is 0. The third-order valence-corrected chi connectivity index (χ3v) is 4.83. The van der Waals surface area contributed by atoms with E-state index in [1.54, 1.807) is 0 Å². The molecule has 2 aromatic carbocycles. The lowest BCUT2D eigenvalue weighted by atomic mass is 10.1. The number of hydrogen-bond acceptors (Lipinski definition) is 0. The second-order valence-corrected chi connectivity index (χ2v) is 6.39. The fraction of sp³-hybridized carbons (Fsp3) is 0.444. The van der Waals surface area contributed by atoms with Crippen molar-refractivity contribution in [1.82, 2.24) is 0 Å². The van der Waals surface area contributed by atoms with Crippen LogP contribution in [0.1, 0.15) is 45.4 Å². The zero-order valence-corrected chi connectivity index (χ0v) is 12.8. The number of fused-ring (bicyclic) bond motifs is 1. The standard InChI is InChI=1S/C18H24P/c1-2-3-4-5-6-9-15-19-18-14-10-12-16-11-7-8-13-17(16)18/h7-8,10-14H,2-6,9,15H2,1H3. The van der Waals surface area contributed by atoms with Gasteiger partial charge in [0.25, 0.3) is 0 Å². The van der Waals surface area contributed by atoms with Gasteiger partial charge in [-0.1, -0.05) is 81.5 Å². The Kier molecular flexibility index (Phi) is 6.37. The number of unbranched alkanes of at least 4 members (excludes halogenated alkanes) is 5. The minimum Gasteiger partial charge on any atom is -0.0654 e. The molecule has 101 valence electrons. The largest absolute Gasteiger partial charge is 0.0654 e. The molecule has 0 heterocycles. The van der Waals surface area contributed by atoms with Crippen LogP contribution in [-0.2, 0) is 0 Å². The Bertz CT molecular complexity index is 485. The predicted octanol–water partition coefficient (Wildman–Crippen LogP) is 5.77. The first-order valence-corrected chi connectivity index (χ1v) is 8.65. The van der Waals surface area contributed by atoms with Gasteiger partial charge in [0.2, 0.25) is 0 Å². The van der Waals surface area contributed by atoms with Crippen LogP contribution in [0.4, 0.5) is 0 Å². The fourth-order valence-corrected chi connectivity index (χ4v) is 3.63. The lowest BCUT2D eigenvalue weighted by Crippen LogP contribution is -1.97. The van der Waals surface area contributed by atoms with Crippen molar-refractivity contribution in [1.29, 1.82) is 0 Å². The van der Waals surface area contributed by atoms with Gasteiger partial charge in [-0.2, -0.15) is 0 Å². The van der Waals surface area contributed by atoms with E-state index >= 15 is 0 Å². The molecule has 0 aliphatic heterocycles. The van der Waals surface area contributed by atoms with Crippen molar-refractivity contribution in [2.24, 2.45) is 0 Å². The first kappa shape index (κ1) is 14.5. The molecule has 0 atom stereocenters. The van der Waals surface area contributed by atoms with Gasteiger partial charge in [-0.15, -0.1) is 0 Å². The van der Waals surface area contributed by atoms with Crippen LogP contribution in [0.25, 0.3) is 10.8 Å². The minimum atomic E-state index is 1.31. The minimum absolute atomic E-state index is 1.31.